The van der Waals surface area contributed by atoms with Crippen molar-refractivity contribution in [2.45, 2.75) is 6.54 Å². The number of allylic oxidation sites excluding steroid dienone is 1. The van der Waals surface area contributed by atoms with Crippen molar-refractivity contribution in [1.29, 1.82) is 10.5 Å². The molecule has 0 saturated carbocycles. The first-order chi connectivity index (χ1) is 8.74. The molecule has 0 bridgehead atoms. The Morgan fingerprint density at radius 3 is 2.67 bits per heavy atom. The van der Waals surface area contributed by atoms with Crippen LogP contribution in [-0.2, 0) is 6.54 Å². The second kappa shape index (κ2) is 7.26. The standard InChI is InChI=1S/C13H13N3OS/c1-17-12-5-3-4-10(6-12)9-16-13(18-2)11(7-14)8-15/h3-6,16H,9H2,1-2H3. The molecular weight excluding hydrogens is 246 g/mol. The molecule has 0 amide bonds. The number of thioether (sulfide) groups is 1. The van der Waals surface area contributed by atoms with Crippen molar-refractivity contribution in [1.82, 2.24) is 5.32 Å². The van der Waals surface area contributed by atoms with Gasteiger partial charge in [0.1, 0.15) is 17.9 Å². The highest BCUT2D eigenvalue weighted by molar-refractivity contribution is 8.02. The molecule has 0 aliphatic rings. The van der Waals surface area contributed by atoms with E-state index < -0.39 is 0 Å². The molecule has 18 heavy (non-hydrogen) atoms. The Hall–Kier alpha value is -2.11. The molecule has 0 radical (unpaired) electrons. The summed E-state index contributed by atoms with van der Waals surface area (Å²) in [5.74, 6) is 0.782. The third-order valence-electron chi connectivity index (χ3n) is 2.24. The van der Waals surface area contributed by atoms with Gasteiger partial charge in [-0.1, -0.05) is 12.1 Å². The lowest BCUT2D eigenvalue weighted by Gasteiger charge is -2.09. The Kier molecular flexibility index (Phi) is 5.63. The summed E-state index contributed by atoms with van der Waals surface area (Å²) in [6.45, 7) is 0.542. The fourth-order valence-corrected chi connectivity index (χ4v) is 1.87. The molecular formula is C13H13N3OS. The van der Waals surface area contributed by atoms with Crippen LogP contribution in [0.25, 0.3) is 0 Å². The van der Waals surface area contributed by atoms with Crippen LogP contribution in [-0.4, -0.2) is 13.4 Å². The topological polar surface area (TPSA) is 68.8 Å². The van der Waals surface area contributed by atoms with Crippen LogP contribution in [0.2, 0.25) is 0 Å². The maximum Gasteiger partial charge on any atom is 0.159 e. The molecule has 1 aromatic carbocycles. The number of nitrogens with one attached hydrogen (secondary N) is 1. The molecule has 5 heteroatoms. The van der Waals surface area contributed by atoms with Gasteiger partial charge >= 0.3 is 0 Å². The Bertz CT molecular complexity index is 510. The van der Waals surface area contributed by atoms with Crippen LogP contribution in [0.1, 0.15) is 5.56 Å². The number of nitrogens with zero attached hydrogens (tertiary/aromatic N) is 2. The minimum atomic E-state index is 0.102. The number of hydrogen-bond donors (Lipinski definition) is 1. The average Bonchev–Trinajstić information content (AvgIpc) is 2.43. The predicted octanol–water partition coefficient (Wildman–Crippen LogP) is 2.41. The van der Waals surface area contributed by atoms with E-state index in [1.165, 1.54) is 11.8 Å². The van der Waals surface area contributed by atoms with Crippen molar-refractivity contribution in [2.24, 2.45) is 0 Å². The molecule has 0 fully saturated rings. The lowest BCUT2D eigenvalue weighted by atomic mass is 10.2. The Balaban J connectivity index is 2.78. The van der Waals surface area contributed by atoms with Gasteiger partial charge in [-0.3, -0.25) is 0 Å². The SMILES string of the molecule is COc1cccc(CNC(SC)=C(C#N)C#N)c1. The number of methoxy groups -OCH3 is 1. The van der Waals surface area contributed by atoms with Crippen molar-refractivity contribution in [2.75, 3.05) is 13.4 Å². The van der Waals surface area contributed by atoms with Crippen molar-refractivity contribution in [3.8, 4) is 17.9 Å². The van der Waals surface area contributed by atoms with Gasteiger partial charge in [-0.15, -0.1) is 11.8 Å². The van der Waals surface area contributed by atoms with E-state index in [-0.39, 0.29) is 5.57 Å². The fraction of sp³-hybridized carbons (Fsp3) is 0.231. The van der Waals surface area contributed by atoms with E-state index in [1.54, 1.807) is 7.11 Å². The van der Waals surface area contributed by atoms with Crippen LogP contribution in [0.15, 0.2) is 34.9 Å². The van der Waals surface area contributed by atoms with E-state index >= 15 is 0 Å². The van der Waals surface area contributed by atoms with Crippen LogP contribution >= 0.6 is 11.8 Å². The molecule has 0 saturated heterocycles. The van der Waals surface area contributed by atoms with Crippen LogP contribution in [0.4, 0.5) is 0 Å². The summed E-state index contributed by atoms with van der Waals surface area (Å²) in [5, 5.41) is 21.3. The summed E-state index contributed by atoms with van der Waals surface area (Å²) < 4.78 is 5.13. The number of rotatable bonds is 5. The highest BCUT2D eigenvalue weighted by Gasteiger charge is 2.04. The largest absolute Gasteiger partial charge is 0.497 e. The lowest BCUT2D eigenvalue weighted by Crippen LogP contribution is -2.12. The molecule has 92 valence electrons. The molecule has 1 N–H and O–H groups in total. The van der Waals surface area contributed by atoms with E-state index in [1.807, 2.05) is 42.7 Å². The summed E-state index contributed by atoms with van der Waals surface area (Å²) >= 11 is 1.35. The number of benzene rings is 1. The van der Waals surface area contributed by atoms with Gasteiger partial charge in [0.05, 0.1) is 12.1 Å². The van der Waals surface area contributed by atoms with Gasteiger partial charge in [0.15, 0.2) is 5.57 Å². The molecule has 0 aliphatic heterocycles. The Morgan fingerprint density at radius 2 is 2.11 bits per heavy atom. The number of nitriles is 2. The molecule has 0 spiro atoms. The molecule has 1 rings (SSSR count). The van der Waals surface area contributed by atoms with Crippen molar-refractivity contribution < 1.29 is 4.74 Å². The summed E-state index contributed by atoms with van der Waals surface area (Å²) in [4.78, 5) is 0. The summed E-state index contributed by atoms with van der Waals surface area (Å²) in [7, 11) is 1.61. The highest BCUT2D eigenvalue weighted by atomic mass is 32.2. The van der Waals surface area contributed by atoms with Crippen LogP contribution < -0.4 is 10.1 Å². The molecule has 1 aromatic rings. The van der Waals surface area contributed by atoms with Crippen molar-refractivity contribution >= 4 is 11.8 Å². The minimum Gasteiger partial charge on any atom is -0.497 e. The van der Waals surface area contributed by atoms with E-state index in [2.05, 4.69) is 5.32 Å². The Labute approximate surface area is 111 Å². The van der Waals surface area contributed by atoms with Gasteiger partial charge in [0, 0.05) is 6.54 Å². The van der Waals surface area contributed by atoms with Gasteiger partial charge in [0.2, 0.25) is 0 Å². The number of ether oxygens (including phenoxy) is 1. The molecule has 0 atom stereocenters. The second-order valence-corrected chi connectivity index (χ2v) is 4.15. The molecule has 0 heterocycles. The van der Waals surface area contributed by atoms with Crippen LogP contribution in [0, 0.1) is 22.7 Å². The predicted molar refractivity (Wildman–Crippen MR) is 71.6 cm³/mol. The molecule has 0 unspecified atom stereocenters. The van der Waals surface area contributed by atoms with E-state index in [0.717, 1.165) is 11.3 Å². The first kappa shape index (κ1) is 14.0. The van der Waals surface area contributed by atoms with Gasteiger partial charge in [0.25, 0.3) is 0 Å². The van der Waals surface area contributed by atoms with Gasteiger partial charge in [-0.2, -0.15) is 10.5 Å². The zero-order chi connectivity index (χ0) is 13.4. The van der Waals surface area contributed by atoms with Gasteiger partial charge < -0.3 is 10.1 Å². The maximum absolute atomic E-state index is 8.80. The zero-order valence-corrected chi connectivity index (χ0v) is 11.0. The third-order valence-corrected chi connectivity index (χ3v) is 3.00. The monoisotopic (exact) mass is 259 g/mol. The molecule has 0 aliphatic carbocycles. The average molecular weight is 259 g/mol. The third kappa shape index (κ3) is 3.73. The van der Waals surface area contributed by atoms with E-state index in [4.69, 9.17) is 15.3 Å². The summed E-state index contributed by atoms with van der Waals surface area (Å²) in [5.41, 5.74) is 1.13. The van der Waals surface area contributed by atoms with Gasteiger partial charge in [-0.25, -0.2) is 0 Å². The lowest BCUT2D eigenvalue weighted by molar-refractivity contribution is 0.414. The van der Waals surface area contributed by atoms with Gasteiger partial charge in [-0.05, 0) is 24.0 Å². The maximum atomic E-state index is 8.80. The fourth-order valence-electron chi connectivity index (χ4n) is 1.35. The first-order valence-electron chi connectivity index (χ1n) is 5.20. The molecule has 4 nitrogen and oxygen atoms in total. The number of hydrogen-bond acceptors (Lipinski definition) is 5. The molecule has 0 aromatic heterocycles. The van der Waals surface area contributed by atoms with Crippen LogP contribution in [0.5, 0.6) is 5.75 Å². The second-order valence-electron chi connectivity index (χ2n) is 3.34. The summed E-state index contributed by atoms with van der Waals surface area (Å²) in [6, 6.07) is 11.4. The van der Waals surface area contributed by atoms with Crippen LogP contribution in [0.3, 0.4) is 0 Å². The van der Waals surface area contributed by atoms with Crippen molar-refractivity contribution in [3.63, 3.8) is 0 Å². The first-order valence-corrected chi connectivity index (χ1v) is 6.43. The normalized spacial score (nSPS) is 8.89. The van der Waals surface area contributed by atoms with E-state index in [9.17, 15) is 0 Å². The highest BCUT2D eigenvalue weighted by Crippen LogP contribution is 2.16. The smallest absolute Gasteiger partial charge is 0.159 e. The zero-order valence-electron chi connectivity index (χ0n) is 10.2. The minimum absolute atomic E-state index is 0.102. The quantitative estimate of drug-likeness (QED) is 0.822. The Morgan fingerprint density at radius 1 is 1.39 bits per heavy atom. The van der Waals surface area contributed by atoms with E-state index in [0.29, 0.717) is 11.6 Å². The van der Waals surface area contributed by atoms with Crippen molar-refractivity contribution in [3.05, 3.63) is 40.4 Å². The summed E-state index contributed by atoms with van der Waals surface area (Å²) in [6.07, 6.45) is 1.82.